The van der Waals surface area contributed by atoms with Crippen molar-refractivity contribution in [2.75, 3.05) is 18.5 Å². The number of aromatic nitrogens is 1. The smallest absolute Gasteiger partial charge is 0.236 e. The van der Waals surface area contributed by atoms with Crippen LogP contribution in [0.1, 0.15) is 23.9 Å². The molecule has 18 heavy (non-hydrogen) atoms. The summed E-state index contributed by atoms with van der Waals surface area (Å²) in [5, 5.41) is 3.59. The Labute approximate surface area is 110 Å². The first-order valence-electron chi connectivity index (χ1n) is 6.23. The fourth-order valence-corrected chi connectivity index (χ4v) is 3.45. The third-order valence-corrected chi connectivity index (χ3v) is 4.93. The van der Waals surface area contributed by atoms with Gasteiger partial charge in [-0.3, -0.25) is 4.79 Å². The lowest BCUT2D eigenvalue weighted by Crippen LogP contribution is -2.47. The van der Waals surface area contributed by atoms with E-state index in [9.17, 15) is 4.79 Å². The van der Waals surface area contributed by atoms with E-state index in [0.717, 1.165) is 18.5 Å². The maximum absolute atomic E-state index is 12.3. The molecule has 2 atom stereocenters. The second-order valence-corrected chi connectivity index (χ2v) is 6.32. The lowest BCUT2D eigenvalue weighted by atomic mass is 9.85. The molecule has 1 amide bonds. The number of carbonyl (C=O) groups is 1. The molecule has 0 radical (unpaired) electrons. The van der Waals surface area contributed by atoms with Crippen LogP contribution in [0, 0.1) is 5.41 Å². The van der Waals surface area contributed by atoms with E-state index in [-0.39, 0.29) is 11.9 Å². The first-order chi connectivity index (χ1) is 8.59. The second kappa shape index (κ2) is 4.29. The number of fused-ring (bicyclic) bond motifs is 1. The van der Waals surface area contributed by atoms with Crippen molar-refractivity contribution < 1.29 is 9.53 Å². The van der Waals surface area contributed by atoms with Gasteiger partial charge in [-0.15, -0.1) is 11.3 Å². The molecule has 2 heterocycles. The molecule has 3 N–H and O–H groups in total. The Morgan fingerprint density at radius 2 is 2.44 bits per heavy atom. The number of anilines is 1. The molecule has 1 aromatic rings. The standard InChI is InChI=1S/C12H17N3O2S/c1-12(6-17-5-9(12)13)10(16)15-11-14-7-3-2-4-8(7)18-11/h9H,2-6,13H2,1H3,(H,14,15,16). The summed E-state index contributed by atoms with van der Waals surface area (Å²) in [4.78, 5) is 18.0. The maximum atomic E-state index is 12.3. The molecule has 3 rings (SSSR count). The van der Waals surface area contributed by atoms with E-state index in [1.807, 2.05) is 6.92 Å². The first-order valence-corrected chi connectivity index (χ1v) is 7.04. The van der Waals surface area contributed by atoms with Gasteiger partial charge in [-0.25, -0.2) is 4.98 Å². The van der Waals surface area contributed by atoms with Gasteiger partial charge in [0.05, 0.1) is 24.3 Å². The van der Waals surface area contributed by atoms with E-state index in [4.69, 9.17) is 10.5 Å². The molecular formula is C12H17N3O2S. The zero-order valence-corrected chi connectivity index (χ0v) is 11.2. The lowest BCUT2D eigenvalue weighted by molar-refractivity contribution is -0.125. The molecule has 0 spiro atoms. The van der Waals surface area contributed by atoms with Crippen molar-refractivity contribution in [2.24, 2.45) is 11.1 Å². The predicted molar refractivity (Wildman–Crippen MR) is 69.7 cm³/mol. The van der Waals surface area contributed by atoms with Crippen molar-refractivity contribution in [3.05, 3.63) is 10.6 Å². The Hall–Kier alpha value is -0.980. The Morgan fingerprint density at radius 3 is 3.11 bits per heavy atom. The molecule has 6 heteroatoms. The Morgan fingerprint density at radius 1 is 1.61 bits per heavy atom. The number of rotatable bonds is 2. The van der Waals surface area contributed by atoms with Crippen LogP contribution in [0.5, 0.6) is 0 Å². The second-order valence-electron chi connectivity index (χ2n) is 5.24. The van der Waals surface area contributed by atoms with Crippen molar-refractivity contribution >= 4 is 22.4 Å². The number of hydrogen-bond acceptors (Lipinski definition) is 5. The zero-order chi connectivity index (χ0) is 12.8. The van der Waals surface area contributed by atoms with E-state index in [1.54, 1.807) is 11.3 Å². The predicted octanol–water partition coefficient (Wildman–Crippen LogP) is 0.934. The van der Waals surface area contributed by atoms with Crippen molar-refractivity contribution in [1.29, 1.82) is 0 Å². The third kappa shape index (κ3) is 1.84. The fraction of sp³-hybridized carbons (Fsp3) is 0.667. The van der Waals surface area contributed by atoms with Crippen LogP contribution in [0.3, 0.4) is 0 Å². The topological polar surface area (TPSA) is 77.2 Å². The maximum Gasteiger partial charge on any atom is 0.236 e. The average Bonchev–Trinajstić information content (AvgIpc) is 2.95. The summed E-state index contributed by atoms with van der Waals surface area (Å²) in [5.74, 6) is -0.0834. The Balaban J connectivity index is 1.74. The van der Waals surface area contributed by atoms with Crippen molar-refractivity contribution in [1.82, 2.24) is 4.98 Å². The van der Waals surface area contributed by atoms with Gasteiger partial charge in [-0.05, 0) is 26.2 Å². The fourth-order valence-electron chi connectivity index (χ4n) is 2.41. The molecule has 1 aliphatic carbocycles. The zero-order valence-electron chi connectivity index (χ0n) is 10.4. The van der Waals surface area contributed by atoms with Crippen LogP contribution >= 0.6 is 11.3 Å². The number of thiazole rings is 1. The number of aryl methyl sites for hydroxylation is 2. The largest absolute Gasteiger partial charge is 0.379 e. The molecule has 2 unspecified atom stereocenters. The quantitative estimate of drug-likeness (QED) is 0.836. The summed E-state index contributed by atoms with van der Waals surface area (Å²) < 4.78 is 5.29. The highest BCUT2D eigenvalue weighted by molar-refractivity contribution is 7.15. The first kappa shape index (κ1) is 12.1. The van der Waals surface area contributed by atoms with Crippen LogP contribution in [0.2, 0.25) is 0 Å². The van der Waals surface area contributed by atoms with Crippen molar-refractivity contribution in [2.45, 2.75) is 32.2 Å². The van der Waals surface area contributed by atoms with Crippen LogP contribution in [0.15, 0.2) is 0 Å². The normalized spacial score (nSPS) is 30.4. The number of carbonyl (C=O) groups excluding carboxylic acids is 1. The van der Waals surface area contributed by atoms with Crippen LogP contribution in [-0.2, 0) is 22.4 Å². The summed E-state index contributed by atoms with van der Waals surface area (Å²) in [7, 11) is 0. The van der Waals surface area contributed by atoms with Crippen LogP contribution in [0.4, 0.5) is 5.13 Å². The minimum atomic E-state index is -0.643. The Kier molecular flexibility index (Phi) is 2.88. The van der Waals surface area contributed by atoms with Crippen LogP contribution < -0.4 is 11.1 Å². The highest BCUT2D eigenvalue weighted by Crippen LogP contribution is 2.33. The number of nitrogens with two attached hydrogens (primary N) is 1. The van der Waals surface area contributed by atoms with Gasteiger partial charge in [0.15, 0.2) is 5.13 Å². The molecule has 0 saturated carbocycles. The molecule has 5 nitrogen and oxygen atoms in total. The molecule has 1 aliphatic heterocycles. The lowest BCUT2D eigenvalue weighted by Gasteiger charge is -2.24. The van der Waals surface area contributed by atoms with Gasteiger partial charge in [0.25, 0.3) is 0 Å². The van der Waals surface area contributed by atoms with Gasteiger partial charge >= 0.3 is 0 Å². The van der Waals surface area contributed by atoms with Crippen molar-refractivity contribution in [3.8, 4) is 0 Å². The van der Waals surface area contributed by atoms with Gasteiger partial charge in [-0.2, -0.15) is 0 Å². The van der Waals surface area contributed by atoms with Gasteiger partial charge in [-0.1, -0.05) is 0 Å². The van der Waals surface area contributed by atoms with E-state index in [1.165, 1.54) is 11.3 Å². The summed E-state index contributed by atoms with van der Waals surface area (Å²) in [5.41, 5.74) is 6.44. The number of amides is 1. The third-order valence-electron chi connectivity index (χ3n) is 3.85. The molecule has 1 aromatic heterocycles. The number of nitrogens with one attached hydrogen (secondary N) is 1. The Bertz CT molecular complexity index is 466. The number of hydrogen-bond donors (Lipinski definition) is 2. The summed E-state index contributed by atoms with van der Waals surface area (Å²) in [6.45, 7) is 2.67. The average molecular weight is 267 g/mol. The van der Waals surface area contributed by atoms with E-state index in [0.29, 0.717) is 18.3 Å². The molecule has 0 bridgehead atoms. The summed E-state index contributed by atoms with van der Waals surface area (Å²) >= 11 is 1.58. The van der Waals surface area contributed by atoms with Gasteiger partial charge in [0, 0.05) is 10.9 Å². The van der Waals surface area contributed by atoms with Crippen LogP contribution in [0.25, 0.3) is 0 Å². The molecule has 0 aromatic carbocycles. The number of nitrogens with zero attached hydrogens (tertiary/aromatic N) is 1. The number of ether oxygens (including phenoxy) is 1. The van der Waals surface area contributed by atoms with Gasteiger partial charge in [0.2, 0.25) is 5.91 Å². The van der Waals surface area contributed by atoms with Gasteiger partial charge < -0.3 is 15.8 Å². The minimum Gasteiger partial charge on any atom is -0.379 e. The molecule has 2 aliphatic rings. The molecule has 98 valence electrons. The van der Waals surface area contributed by atoms with E-state index < -0.39 is 5.41 Å². The van der Waals surface area contributed by atoms with Gasteiger partial charge in [0.1, 0.15) is 0 Å². The summed E-state index contributed by atoms with van der Waals surface area (Å²) in [6.07, 6.45) is 3.29. The highest BCUT2D eigenvalue weighted by atomic mass is 32.1. The molecule has 1 fully saturated rings. The highest BCUT2D eigenvalue weighted by Gasteiger charge is 2.44. The van der Waals surface area contributed by atoms with Crippen LogP contribution in [-0.4, -0.2) is 30.1 Å². The van der Waals surface area contributed by atoms with E-state index >= 15 is 0 Å². The monoisotopic (exact) mass is 267 g/mol. The summed E-state index contributed by atoms with van der Waals surface area (Å²) in [6, 6.07) is -0.246. The molecular weight excluding hydrogens is 250 g/mol. The SMILES string of the molecule is CC1(C(=O)Nc2nc3c(s2)CCC3)COCC1N. The van der Waals surface area contributed by atoms with Crippen molar-refractivity contribution in [3.63, 3.8) is 0 Å². The van der Waals surface area contributed by atoms with E-state index in [2.05, 4.69) is 10.3 Å². The molecule has 1 saturated heterocycles. The minimum absolute atomic E-state index is 0.0834.